The van der Waals surface area contributed by atoms with Gasteiger partial charge in [-0.3, -0.25) is 14.7 Å². The fourth-order valence-corrected chi connectivity index (χ4v) is 4.01. The Morgan fingerprint density at radius 2 is 1.88 bits per heavy atom. The number of alkyl halides is 3. The summed E-state index contributed by atoms with van der Waals surface area (Å²) in [5, 5.41) is 13.0. The maximum absolute atomic E-state index is 12.9. The quantitative estimate of drug-likeness (QED) is 0.375. The number of nitrogens with zero attached hydrogens (tertiary/aromatic N) is 1. The van der Waals surface area contributed by atoms with Crippen LogP contribution >= 0.6 is 11.3 Å². The number of hydrogen-bond acceptors (Lipinski definition) is 4. The third-order valence-electron chi connectivity index (χ3n) is 4.78. The lowest BCUT2D eigenvalue weighted by atomic mass is 10.1. The average molecular weight is 458 g/mol. The molecule has 0 saturated carbocycles. The summed E-state index contributed by atoms with van der Waals surface area (Å²) in [4.78, 5) is 26.1. The van der Waals surface area contributed by atoms with Crippen molar-refractivity contribution < 1.29 is 22.8 Å². The summed E-state index contributed by atoms with van der Waals surface area (Å²) in [5.41, 5.74) is 0.421. The summed E-state index contributed by atoms with van der Waals surface area (Å²) in [6.07, 6.45) is -2.83. The standard InChI is InChI=1S/C22H17F3N4O2S/c1-12(27-20(30)13-5-6-14-11-26-29-17(14)9-13)18-7-8-19(32-18)21(31)28-16-4-2-3-15(10-16)22(23,24)25/h2-12H,1H3,(H,26,29)(H,27,30)(H,28,31). The molecule has 0 fully saturated rings. The number of carbonyl (C=O) groups is 2. The molecular weight excluding hydrogens is 441 g/mol. The number of rotatable bonds is 5. The Kier molecular flexibility index (Phi) is 5.70. The number of fused-ring (bicyclic) bond motifs is 1. The van der Waals surface area contributed by atoms with Gasteiger partial charge in [0.15, 0.2) is 0 Å². The zero-order valence-electron chi connectivity index (χ0n) is 16.7. The number of anilines is 1. The number of nitrogens with one attached hydrogen (secondary N) is 3. The molecule has 0 aliphatic carbocycles. The van der Waals surface area contributed by atoms with Crippen molar-refractivity contribution in [3.05, 3.63) is 81.7 Å². The van der Waals surface area contributed by atoms with Crippen molar-refractivity contribution in [1.82, 2.24) is 15.5 Å². The summed E-state index contributed by atoms with van der Waals surface area (Å²) >= 11 is 1.15. The van der Waals surface area contributed by atoms with Crippen LogP contribution in [0, 0.1) is 0 Å². The van der Waals surface area contributed by atoms with Crippen LogP contribution in [0.4, 0.5) is 18.9 Å². The Balaban J connectivity index is 1.42. The van der Waals surface area contributed by atoms with Crippen molar-refractivity contribution in [3.8, 4) is 0 Å². The first kappa shape index (κ1) is 21.6. The van der Waals surface area contributed by atoms with Crippen LogP contribution in [0.3, 0.4) is 0 Å². The van der Waals surface area contributed by atoms with Crippen molar-refractivity contribution in [2.45, 2.75) is 19.1 Å². The molecule has 0 bridgehead atoms. The molecule has 164 valence electrons. The Morgan fingerprint density at radius 3 is 2.66 bits per heavy atom. The first-order valence-electron chi connectivity index (χ1n) is 9.53. The van der Waals surface area contributed by atoms with E-state index in [4.69, 9.17) is 0 Å². The number of aromatic amines is 1. The van der Waals surface area contributed by atoms with Crippen molar-refractivity contribution in [3.63, 3.8) is 0 Å². The third-order valence-corrected chi connectivity index (χ3v) is 6.04. The molecule has 2 aromatic carbocycles. The van der Waals surface area contributed by atoms with Gasteiger partial charge in [-0.15, -0.1) is 11.3 Å². The minimum Gasteiger partial charge on any atom is -0.345 e. The number of benzene rings is 2. The summed E-state index contributed by atoms with van der Waals surface area (Å²) in [6.45, 7) is 1.78. The van der Waals surface area contributed by atoms with Gasteiger partial charge in [0.2, 0.25) is 0 Å². The van der Waals surface area contributed by atoms with Crippen LogP contribution in [0.5, 0.6) is 0 Å². The number of carbonyl (C=O) groups excluding carboxylic acids is 2. The Bertz CT molecular complexity index is 1300. The second-order valence-electron chi connectivity index (χ2n) is 7.10. The molecular formula is C22H17F3N4O2S. The molecule has 0 aliphatic heterocycles. The molecule has 6 nitrogen and oxygen atoms in total. The molecule has 32 heavy (non-hydrogen) atoms. The summed E-state index contributed by atoms with van der Waals surface area (Å²) in [6, 6.07) is 12.5. The Hall–Kier alpha value is -3.66. The maximum Gasteiger partial charge on any atom is 0.416 e. The minimum absolute atomic E-state index is 0.0512. The summed E-state index contributed by atoms with van der Waals surface area (Å²) < 4.78 is 38.6. The van der Waals surface area contributed by atoms with Crippen LogP contribution in [0.25, 0.3) is 10.9 Å². The Morgan fingerprint density at radius 1 is 1.06 bits per heavy atom. The molecule has 0 spiro atoms. The molecule has 0 saturated heterocycles. The third kappa shape index (κ3) is 4.65. The van der Waals surface area contributed by atoms with Gasteiger partial charge >= 0.3 is 6.18 Å². The van der Waals surface area contributed by atoms with E-state index in [0.29, 0.717) is 10.4 Å². The highest BCUT2D eigenvalue weighted by Crippen LogP contribution is 2.31. The molecule has 0 aliphatic rings. The molecule has 2 amide bonds. The lowest BCUT2D eigenvalue weighted by molar-refractivity contribution is -0.137. The first-order chi connectivity index (χ1) is 15.2. The van der Waals surface area contributed by atoms with Gasteiger partial charge in [-0.25, -0.2) is 0 Å². The van der Waals surface area contributed by atoms with Crippen molar-refractivity contribution in [2.75, 3.05) is 5.32 Å². The van der Waals surface area contributed by atoms with Crippen LogP contribution in [0.1, 0.15) is 43.4 Å². The van der Waals surface area contributed by atoms with Gasteiger partial charge in [-0.2, -0.15) is 18.3 Å². The van der Waals surface area contributed by atoms with E-state index < -0.39 is 17.6 Å². The molecule has 0 radical (unpaired) electrons. The van der Waals surface area contributed by atoms with Gasteiger partial charge < -0.3 is 10.6 Å². The van der Waals surface area contributed by atoms with Crippen molar-refractivity contribution >= 4 is 39.7 Å². The predicted octanol–water partition coefficient (Wildman–Crippen LogP) is 5.39. The van der Waals surface area contributed by atoms with E-state index in [1.165, 1.54) is 12.1 Å². The zero-order valence-corrected chi connectivity index (χ0v) is 17.5. The van der Waals surface area contributed by atoms with Crippen LogP contribution in [0.2, 0.25) is 0 Å². The highest BCUT2D eigenvalue weighted by molar-refractivity contribution is 7.14. The maximum atomic E-state index is 12.9. The lowest BCUT2D eigenvalue weighted by Gasteiger charge is -2.12. The summed E-state index contributed by atoms with van der Waals surface area (Å²) in [5.74, 6) is -0.804. The molecule has 1 unspecified atom stereocenters. The van der Waals surface area contributed by atoms with E-state index >= 15 is 0 Å². The van der Waals surface area contributed by atoms with Crippen LogP contribution in [0.15, 0.2) is 60.8 Å². The number of halogens is 3. The minimum atomic E-state index is -4.49. The lowest BCUT2D eigenvalue weighted by Crippen LogP contribution is -2.26. The predicted molar refractivity (Wildman–Crippen MR) is 116 cm³/mol. The topological polar surface area (TPSA) is 86.9 Å². The highest BCUT2D eigenvalue weighted by Gasteiger charge is 2.30. The van der Waals surface area contributed by atoms with Gasteiger partial charge in [-0.1, -0.05) is 12.1 Å². The van der Waals surface area contributed by atoms with Crippen LogP contribution < -0.4 is 10.6 Å². The molecule has 1 atom stereocenters. The van der Waals surface area contributed by atoms with Gasteiger partial charge in [-0.05, 0) is 49.4 Å². The summed E-state index contributed by atoms with van der Waals surface area (Å²) in [7, 11) is 0. The Labute approximate surface area is 184 Å². The normalized spacial score (nSPS) is 12.5. The number of amides is 2. The fraction of sp³-hybridized carbons (Fsp3) is 0.136. The molecule has 3 N–H and O–H groups in total. The molecule has 4 rings (SSSR count). The van der Waals surface area contributed by atoms with Crippen LogP contribution in [-0.2, 0) is 6.18 Å². The first-order valence-corrected chi connectivity index (χ1v) is 10.3. The second kappa shape index (κ2) is 8.46. The molecule has 2 heterocycles. The largest absolute Gasteiger partial charge is 0.416 e. The van der Waals surface area contributed by atoms with Crippen LogP contribution in [-0.4, -0.2) is 22.0 Å². The number of H-pyrrole nitrogens is 1. The van der Waals surface area contributed by atoms with Gasteiger partial charge in [0.05, 0.1) is 28.2 Å². The van der Waals surface area contributed by atoms with Crippen molar-refractivity contribution in [2.24, 2.45) is 0 Å². The van der Waals surface area contributed by atoms with E-state index in [9.17, 15) is 22.8 Å². The van der Waals surface area contributed by atoms with Gasteiger partial charge in [0, 0.05) is 21.5 Å². The molecule has 2 aromatic heterocycles. The van der Waals surface area contributed by atoms with E-state index in [1.807, 2.05) is 0 Å². The van der Waals surface area contributed by atoms with E-state index in [0.717, 1.165) is 39.2 Å². The number of aromatic nitrogens is 2. The monoisotopic (exact) mass is 458 g/mol. The smallest absolute Gasteiger partial charge is 0.345 e. The van der Waals surface area contributed by atoms with Gasteiger partial charge in [0.1, 0.15) is 0 Å². The molecule has 4 aromatic rings. The van der Waals surface area contributed by atoms with Gasteiger partial charge in [0.25, 0.3) is 11.8 Å². The van der Waals surface area contributed by atoms with E-state index in [-0.39, 0.29) is 17.6 Å². The highest BCUT2D eigenvalue weighted by atomic mass is 32.1. The van der Waals surface area contributed by atoms with E-state index in [1.54, 1.807) is 43.5 Å². The fourth-order valence-electron chi connectivity index (χ4n) is 3.10. The van der Waals surface area contributed by atoms with E-state index in [2.05, 4.69) is 20.8 Å². The molecule has 10 heteroatoms. The number of hydrogen-bond donors (Lipinski definition) is 3. The second-order valence-corrected chi connectivity index (χ2v) is 8.22. The zero-order chi connectivity index (χ0) is 22.9. The SMILES string of the molecule is CC(NC(=O)c1ccc2cn[nH]c2c1)c1ccc(C(=O)Nc2cccc(C(F)(F)F)c2)s1. The average Bonchev–Trinajstić information content (AvgIpc) is 3.42. The number of thiophene rings is 1. The van der Waals surface area contributed by atoms with Crippen molar-refractivity contribution in [1.29, 1.82) is 0 Å².